The van der Waals surface area contributed by atoms with Crippen LogP contribution in [0.3, 0.4) is 0 Å². The maximum Gasteiger partial charge on any atom is 0.259 e. The molecule has 8 heteroatoms. The molecule has 1 fully saturated rings. The lowest BCUT2D eigenvalue weighted by Gasteiger charge is -2.42. The Bertz CT molecular complexity index is 933. The molecule has 1 aliphatic rings. The van der Waals surface area contributed by atoms with Crippen LogP contribution >= 0.6 is 0 Å². The largest absolute Gasteiger partial charge is 0.361 e. The predicted molar refractivity (Wildman–Crippen MR) is 97.0 cm³/mol. The molecule has 8 nitrogen and oxygen atoms in total. The van der Waals surface area contributed by atoms with E-state index < -0.39 is 0 Å². The third-order valence-corrected chi connectivity index (χ3v) is 5.35. The van der Waals surface area contributed by atoms with E-state index in [9.17, 15) is 4.79 Å². The summed E-state index contributed by atoms with van der Waals surface area (Å²) in [5, 5.41) is 4.72. The number of carbonyl (C=O) groups is 1. The lowest BCUT2D eigenvalue weighted by atomic mass is 9.92. The molecule has 1 unspecified atom stereocenters. The van der Waals surface area contributed by atoms with Crippen molar-refractivity contribution < 1.29 is 9.32 Å². The number of carbonyl (C=O) groups excluding carboxylic acids is 1. The minimum atomic E-state index is -0.0245. The third-order valence-electron chi connectivity index (χ3n) is 5.35. The zero-order valence-corrected chi connectivity index (χ0v) is 15.1. The van der Waals surface area contributed by atoms with Crippen LogP contribution in [-0.2, 0) is 0 Å². The minimum absolute atomic E-state index is 0.0245. The van der Waals surface area contributed by atoms with Crippen molar-refractivity contribution in [2.45, 2.75) is 26.3 Å². The Morgan fingerprint density at radius 1 is 1.42 bits per heavy atom. The summed E-state index contributed by atoms with van der Waals surface area (Å²) in [7, 11) is 2.04. The monoisotopic (exact) mass is 354 g/mol. The number of aromatic nitrogens is 4. The summed E-state index contributed by atoms with van der Waals surface area (Å²) in [6, 6.07) is 2.15. The quantitative estimate of drug-likeness (QED) is 0.776. The van der Waals surface area contributed by atoms with Gasteiger partial charge in [-0.3, -0.25) is 4.79 Å². The normalized spacial score (nSPS) is 20.5. The number of H-pyrrole nitrogens is 1. The second kappa shape index (κ2) is 6.44. The van der Waals surface area contributed by atoms with Gasteiger partial charge in [0.15, 0.2) is 0 Å². The molecule has 0 saturated carbocycles. The van der Waals surface area contributed by atoms with Gasteiger partial charge < -0.3 is 19.3 Å². The van der Waals surface area contributed by atoms with Crippen LogP contribution in [0.15, 0.2) is 29.3 Å². The van der Waals surface area contributed by atoms with Gasteiger partial charge in [0.1, 0.15) is 29.1 Å². The number of anilines is 1. The van der Waals surface area contributed by atoms with Crippen LogP contribution in [0.25, 0.3) is 11.0 Å². The number of hydrogen-bond acceptors (Lipinski definition) is 6. The Balaban J connectivity index is 1.60. The highest BCUT2D eigenvalue weighted by molar-refractivity contribution is 5.95. The van der Waals surface area contributed by atoms with E-state index in [4.69, 9.17) is 4.52 Å². The molecule has 0 radical (unpaired) electrons. The Morgan fingerprint density at radius 2 is 2.27 bits per heavy atom. The van der Waals surface area contributed by atoms with Gasteiger partial charge in [0.2, 0.25) is 0 Å². The van der Waals surface area contributed by atoms with Crippen molar-refractivity contribution in [2.75, 3.05) is 25.0 Å². The van der Waals surface area contributed by atoms with Crippen LogP contribution < -0.4 is 4.90 Å². The number of hydrogen-bond donors (Lipinski definition) is 1. The van der Waals surface area contributed by atoms with E-state index in [0.29, 0.717) is 23.8 Å². The Labute approximate surface area is 151 Å². The minimum Gasteiger partial charge on any atom is -0.361 e. The summed E-state index contributed by atoms with van der Waals surface area (Å²) >= 11 is 0. The highest BCUT2D eigenvalue weighted by atomic mass is 16.5. The molecule has 136 valence electrons. The number of nitrogens with one attached hydrogen (secondary N) is 1. The number of likely N-dealkylation sites (N-methyl/N-ethyl adjacent to an activating group) is 1. The first kappa shape index (κ1) is 16.6. The standard InChI is InChI=1S/C18H22N6O2/c1-11-5-7-24(18(25)14-8-22-26-12(14)2)9-15(11)23(3)17-13-4-6-19-16(13)20-10-21-17/h4,6,8,10-11,15H,5,7,9H2,1-3H3,(H,19,20,21)/t11?,15-/m0/s1. The molecule has 4 rings (SSSR count). The van der Waals surface area contributed by atoms with Gasteiger partial charge >= 0.3 is 0 Å². The third kappa shape index (κ3) is 2.71. The number of aromatic amines is 1. The van der Waals surface area contributed by atoms with Gasteiger partial charge in [0.25, 0.3) is 5.91 Å². The van der Waals surface area contributed by atoms with Crippen LogP contribution in [0, 0.1) is 12.8 Å². The number of fused-ring (bicyclic) bond motifs is 1. The van der Waals surface area contributed by atoms with E-state index in [1.54, 1.807) is 13.3 Å². The summed E-state index contributed by atoms with van der Waals surface area (Å²) in [6.07, 6.45) is 5.88. The highest BCUT2D eigenvalue weighted by Crippen LogP contribution is 2.29. The van der Waals surface area contributed by atoms with Gasteiger partial charge in [-0.1, -0.05) is 12.1 Å². The molecule has 1 amide bonds. The second-order valence-corrected chi connectivity index (χ2v) is 6.93. The smallest absolute Gasteiger partial charge is 0.259 e. The average molecular weight is 354 g/mol. The molecule has 0 aliphatic carbocycles. The Hall–Kier alpha value is -2.90. The van der Waals surface area contributed by atoms with Crippen molar-refractivity contribution in [1.29, 1.82) is 0 Å². The number of piperidine rings is 1. The number of nitrogens with zero attached hydrogens (tertiary/aromatic N) is 5. The molecular weight excluding hydrogens is 332 g/mol. The van der Waals surface area contributed by atoms with Crippen LogP contribution in [0.2, 0.25) is 0 Å². The zero-order chi connectivity index (χ0) is 18.3. The summed E-state index contributed by atoms with van der Waals surface area (Å²) in [5.74, 6) is 1.85. The summed E-state index contributed by atoms with van der Waals surface area (Å²) in [4.78, 5) is 28.8. The van der Waals surface area contributed by atoms with E-state index in [1.807, 2.05) is 24.2 Å². The van der Waals surface area contributed by atoms with E-state index in [-0.39, 0.29) is 11.9 Å². The van der Waals surface area contributed by atoms with Gasteiger partial charge in [-0.25, -0.2) is 9.97 Å². The van der Waals surface area contributed by atoms with Crippen LogP contribution in [0.4, 0.5) is 5.82 Å². The zero-order valence-electron chi connectivity index (χ0n) is 15.1. The molecular formula is C18H22N6O2. The predicted octanol–water partition coefficient (Wildman–Crippen LogP) is 2.24. The fourth-order valence-electron chi connectivity index (χ4n) is 3.71. The maximum absolute atomic E-state index is 12.8. The van der Waals surface area contributed by atoms with E-state index in [2.05, 4.69) is 31.9 Å². The average Bonchev–Trinajstić information content (AvgIpc) is 3.29. The van der Waals surface area contributed by atoms with E-state index in [1.165, 1.54) is 6.20 Å². The van der Waals surface area contributed by atoms with Crippen molar-refractivity contribution in [1.82, 2.24) is 25.0 Å². The number of amides is 1. The topological polar surface area (TPSA) is 91.2 Å². The molecule has 4 heterocycles. The van der Waals surface area contributed by atoms with Crippen molar-refractivity contribution >= 4 is 22.8 Å². The van der Waals surface area contributed by atoms with Crippen molar-refractivity contribution in [3.8, 4) is 0 Å². The van der Waals surface area contributed by atoms with Crippen LogP contribution in [0.1, 0.15) is 29.5 Å². The van der Waals surface area contributed by atoms with Crippen molar-refractivity contribution in [3.05, 3.63) is 36.1 Å². The first-order valence-electron chi connectivity index (χ1n) is 8.77. The molecule has 3 aromatic heterocycles. The van der Waals surface area contributed by atoms with Crippen LogP contribution in [-0.4, -0.2) is 57.1 Å². The first-order valence-corrected chi connectivity index (χ1v) is 8.77. The molecule has 0 spiro atoms. The van der Waals surface area contributed by atoms with Gasteiger partial charge in [0, 0.05) is 26.3 Å². The molecule has 0 bridgehead atoms. The molecule has 3 aromatic rings. The summed E-state index contributed by atoms with van der Waals surface area (Å²) in [6.45, 7) is 5.36. The Kier molecular flexibility index (Phi) is 4.10. The van der Waals surface area contributed by atoms with Gasteiger partial charge in [-0.2, -0.15) is 0 Å². The first-order chi connectivity index (χ1) is 12.6. The fourth-order valence-corrected chi connectivity index (χ4v) is 3.71. The van der Waals surface area contributed by atoms with E-state index in [0.717, 1.165) is 29.8 Å². The number of rotatable bonds is 3. The molecule has 1 N–H and O–H groups in total. The molecule has 1 saturated heterocycles. The van der Waals surface area contributed by atoms with E-state index >= 15 is 0 Å². The number of aryl methyl sites for hydroxylation is 1. The Morgan fingerprint density at radius 3 is 3.04 bits per heavy atom. The molecule has 2 atom stereocenters. The maximum atomic E-state index is 12.8. The molecule has 26 heavy (non-hydrogen) atoms. The van der Waals surface area contributed by atoms with Gasteiger partial charge in [-0.15, -0.1) is 0 Å². The van der Waals surface area contributed by atoms with Gasteiger partial charge in [-0.05, 0) is 25.3 Å². The highest BCUT2D eigenvalue weighted by Gasteiger charge is 2.34. The number of likely N-dealkylation sites (tertiary alicyclic amines) is 1. The molecule has 0 aromatic carbocycles. The van der Waals surface area contributed by atoms with Crippen molar-refractivity contribution in [3.63, 3.8) is 0 Å². The fraction of sp³-hybridized carbons (Fsp3) is 0.444. The van der Waals surface area contributed by atoms with Crippen LogP contribution in [0.5, 0.6) is 0 Å². The van der Waals surface area contributed by atoms with Crippen molar-refractivity contribution in [2.24, 2.45) is 5.92 Å². The second-order valence-electron chi connectivity index (χ2n) is 6.93. The SMILES string of the molecule is Cc1oncc1C(=O)N1CCC(C)[C@@H](N(C)c2ncnc3[nH]ccc23)C1. The van der Waals surface area contributed by atoms with Gasteiger partial charge in [0.05, 0.1) is 17.6 Å². The summed E-state index contributed by atoms with van der Waals surface area (Å²) < 4.78 is 5.05. The summed E-state index contributed by atoms with van der Waals surface area (Å²) in [5.41, 5.74) is 1.36. The molecule has 1 aliphatic heterocycles. The lowest BCUT2D eigenvalue weighted by Crippen LogP contribution is -2.52. The lowest BCUT2D eigenvalue weighted by molar-refractivity contribution is 0.0668.